The molecule has 4 heteroatoms. The van der Waals surface area contributed by atoms with E-state index < -0.39 is 5.60 Å². The number of esters is 1. The molecule has 0 bridgehead atoms. The number of carbonyl (C=O) groups excluding carboxylic acids is 1. The minimum Gasteiger partial charge on any atom is -0.491 e. The Morgan fingerprint density at radius 2 is 1.71 bits per heavy atom. The maximum Gasteiger partial charge on any atom is 0.320 e. The molecule has 0 spiro atoms. The largest absolute Gasteiger partial charge is 0.491 e. The van der Waals surface area contributed by atoms with Gasteiger partial charge in [-0.3, -0.25) is 4.79 Å². The fourth-order valence-electron chi connectivity index (χ4n) is 1.84. The van der Waals surface area contributed by atoms with E-state index in [0.717, 1.165) is 11.3 Å². The monoisotopic (exact) mass is 293 g/mol. The third kappa shape index (κ3) is 7.14. The lowest BCUT2D eigenvalue weighted by Crippen LogP contribution is -2.32. The van der Waals surface area contributed by atoms with Gasteiger partial charge in [-0.1, -0.05) is 12.1 Å². The summed E-state index contributed by atoms with van der Waals surface area (Å²) in [5, 5.41) is 3.17. The molecule has 118 valence electrons. The maximum absolute atomic E-state index is 11.7. The highest BCUT2D eigenvalue weighted by molar-refractivity contribution is 5.72. The molecule has 0 amide bonds. The molecule has 0 aromatic heterocycles. The molecule has 0 radical (unpaired) electrons. The fourth-order valence-corrected chi connectivity index (χ4v) is 1.84. The van der Waals surface area contributed by atoms with Crippen LogP contribution in [0.25, 0.3) is 0 Å². The van der Waals surface area contributed by atoms with Crippen molar-refractivity contribution < 1.29 is 14.3 Å². The molecule has 4 nitrogen and oxygen atoms in total. The Bertz CT molecular complexity index is 446. The molecule has 0 fully saturated rings. The summed E-state index contributed by atoms with van der Waals surface area (Å²) >= 11 is 0. The fraction of sp³-hybridized carbons (Fsp3) is 0.588. The lowest BCUT2D eigenvalue weighted by atomic mass is 10.1. The van der Waals surface area contributed by atoms with Gasteiger partial charge in [-0.15, -0.1) is 0 Å². The lowest BCUT2D eigenvalue weighted by Gasteiger charge is -2.21. The second-order valence-corrected chi connectivity index (χ2v) is 6.42. The Hall–Kier alpha value is -1.55. The molecule has 0 aliphatic carbocycles. The summed E-state index contributed by atoms with van der Waals surface area (Å²) in [6.45, 7) is 11.8. The zero-order valence-electron chi connectivity index (χ0n) is 13.9. The van der Waals surface area contributed by atoms with Crippen LogP contribution in [0.4, 0.5) is 0 Å². The standard InChI is InChI=1S/C17H27NO3/c1-12(2)20-15-9-7-14(8-10-15)13(3)18-11-16(19)21-17(4,5)6/h7-10,12-13,18H,11H2,1-6H3. The van der Waals surface area contributed by atoms with Crippen molar-refractivity contribution in [3.8, 4) is 5.75 Å². The molecule has 1 unspecified atom stereocenters. The van der Waals surface area contributed by atoms with E-state index in [1.54, 1.807) is 0 Å². The summed E-state index contributed by atoms with van der Waals surface area (Å²) in [7, 11) is 0. The van der Waals surface area contributed by atoms with E-state index in [1.165, 1.54) is 0 Å². The van der Waals surface area contributed by atoms with Gasteiger partial charge in [-0.05, 0) is 59.2 Å². The van der Waals surface area contributed by atoms with Gasteiger partial charge in [0.15, 0.2) is 0 Å². The molecule has 0 aliphatic heterocycles. The summed E-state index contributed by atoms with van der Waals surface area (Å²) in [5.74, 6) is 0.613. The highest BCUT2D eigenvalue weighted by Crippen LogP contribution is 2.18. The maximum atomic E-state index is 11.7. The topological polar surface area (TPSA) is 47.6 Å². The van der Waals surface area contributed by atoms with Crippen LogP contribution < -0.4 is 10.1 Å². The van der Waals surface area contributed by atoms with Gasteiger partial charge in [0.05, 0.1) is 12.6 Å². The number of ether oxygens (including phenoxy) is 2. The number of nitrogens with one attached hydrogen (secondary N) is 1. The summed E-state index contributed by atoms with van der Waals surface area (Å²) in [5.41, 5.74) is 0.660. The van der Waals surface area contributed by atoms with Gasteiger partial charge < -0.3 is 14.8 Å². The Morgan fingerprint density at radius 1 is 1.14 bits per heavy atom. The van der Waals surface area contributed by atoms with Crippen molar-refractivity contribution in [3.63, 3.8) is 0 Å². The molecule has 0 saturated heterocycles. The summed E-state index contributed by atoms with van der Waals surface area (Å²) < 4.78 is 10.9. The van der Waals surface area contributed by atoms with Gasteiger partial charge in [-0.25, -0.2) is 0 Å². The van der Waals surface area contributed by atoms with Crippen LogP contribution in [-0.4, -0.2) is 24.2 Å². The van der Waals surface area contributed by atoms with Crippen molar-refractivity contribution in [2.24, 2.45) is 0 Å². The zero-order chi connectivity index (χ0) is 16.0. The average molecular weight is 293 g/mol. The number of hydrogen-bond donors (Lipinski definition) is 1. The number of carbonyl (C=O) groups is 1. The second-order valence-electron chi connectivity index (χ2n) is 6.42. The molecule has 1 atom stereocenters. The Balaban J connectivity index is 2.48. The average Bonchev–Trinajstić information content (AvgIpc) is 2.34. The number of hydrogen-bond acceptors (Lipinski definition) is 4. The quantitative estimate of drug-likeness (QED) is 0.816. The van der Waals surface area contributed by atoms with Gasteiger partial charge in [0, 0.05) is 6.04 Å². The van der Waals surface area contributed by atoms with Crippen LogP contribution in [0, 0.1) is 0 Å². The van der Waals surface area contributed by atoms with Gasteiger partial charge in [0.25, 0.3) is 0 Å². The molecule has 1 aromatic carbocycles. The van der Waals surface area contributed by atoms with Crippen LogP contribution >= 0.6 is 0 Å². The molecule has 1 aromatic rings. The third-order valence-corrected chi connectivity index (χ3v) is 2.72. The minimum absolute atomic E-state index is 0.0746. The Morgan fingerprint density at radius 3 is 2.19 bits per heavy atom. The van der Waals surface area contributed by atoms with Crippen LogP contribution in [-0.2, 0) is 9.53 Å². The van der Waals surface area contributed by atoms with Crippen molar-refractivity contribution in [1.29, 1.82) is 0 Å². The van der Waals surface area contributed by atoms with E-state index in [-0.39, 0.29) is 24.7 Å². The highest BCUT2D eigenvalue weighted by Gasteiger charge is 2.16. The van der Waals surface area contributed by atoms with Gasteiger partial charge >= 0.3 is 5.97 Å². The van der Waals surface area contributed by atoms with Gasteiger partial charge in [0.2, 0.25) is 0 Å². The lowest BCUT2D eigenvalue weighted by molar-refractivity contribution is -0.153. The Labute approximate surface area is 127 Å². The van der Waals surface area contributed by atoms with Crippen LogP contribution in [0.3, 0.4) is 0 Å². The molecular weight excluding hydrogens is 266 g/mol. The zero-order valence-corrected chi connectivity index (χ0v) is 13.9. The van der Waals surface area contributed by atoms with E-state index in [0.29, 0.717) is 0 Å². The molecule has 1 N–H and O–H groups in total. The van der Waals surface area contributed by atoms with Crippen LogP contribution in [0.1, 0.15) is 53.1 Å². The second kappa shape index (κ2) is 7.46. The van der Waals surface area contributed by atoms with Gasteiger partial charge in [0.1, 0.15) is 11.4 Å². The molecule has 0 heterocycles. The van der Waals surface area contributed by atoms with E-state index in [1.807, 2.05) is 65.8 Å². The molecule has 21 heavy (non-hydrogen) atoms. The summed E-state index contributed by atoms with van der Waals surface area (Å²) in [6, 6.07) is 7.97. The first kappa shape index (κ1) is 17.5. The van der Waals surface area contributed by atoms with Crippen molar-refractivity contribution >= 4 is 5.97 Å². The SMILES string of the molecule is CC(C)Oc1ccc(C(C)NCC(=O)OC(C)(C)C)cc1. The molecule has 0 saturated carbocycles. The normalized spacial score (nSPS) is 13.1. The Kier molecular flexibility index (Phi) is 6.21. The molecule has 0 aliphatic rings. The van der Waals surface area contributed by atoms with Gasteiger partial charge in [-0.2, -0.15) is 0 Å². The first-order valence-corrected chi connectivity index (χ1v) is 7.39. The third-order valence-electron chi connectivity index (χ3n) is 2.72. The first-order chi connectivity index (χ1) is 9.67. The van der Waals surface area contributed by atoms with Crippen LogP contribution in [0.5, 0.6) is 5.75 Å². The van der Waals surface area contributed by atoms with E-state index >= 15 is 0 Å². The van der Waals surface area contributed by atoms with Crippen LogP contribution in [0.15, 0.2) is 24.3 Å². The van der Waals surface area contributed by atoms with E-state index in [2.05, 4.69) is 5.32 Å². The van der Waals surface area contributed by atoms with E-state index in [4.69, 9.17) is 9.47 Å². The predicted molar refractivity (Wildman–Crippen MR) is 84.5 cm³/mol. The van der Waals surface area contributed by atoms with E-state index in [9.17, 15) is 4.79 Å². The van der Waals surface area contributed by atoms with Crippen molar-refractivity contribution in [2.75, 3.05) is 6.54 Å². The summed E-state index contributed by atoms with van der Waals surface area (Å²) in [4.78, 5) is 11.7. The van der Waals surface area contributed by atoms with Crippen molar-refractivity contribution in [2.45, 2.75) is 59.3 Å². The predicted octanol–water partition coefficient (Wildman–Crippen LogP) is 3.47. The highest BCUT2D eigenvalue weighted by atomic mass is 16.6. The first-order valence-electron chi connectivity index (χ1n) is 7.39. The van der Waals surface area contributed by atoms with Crippen molar-refractivity contribution in [3.05, 3.63) is 29.8 Å². The smallest absolute Gasteiger partial charge is 0.320 e. The molecule has 1 rings (SSSR count). The number of rotatable bonds is 6. The minimum atomic E-state index is -0.447. The van der Waals surface area contributed by atoms with Crippen molar-refractivity contribution in [1.82, 2.24) is 5.32 Å². The molecular formula is C17H27NO3. The number of benzene rings is 1. The summed E-state index contributed by atoms with van der Waals surface area (Å²) in [6.07, 6.45) is 0.165. The van der Waals surface area contributed by atoms with Crippen LogP contribution in [0.2, 0.25) is 0 Å².